The van der Waals surface area contributed by atoms with Gasteiger partial charge in [0.05, 0.1) is 6.61 Å². The van der Waals surface area contributed by atoms with E-state index in [1.165, 1.54) is 5.56 Å². The zero-order valence-corrected chi connectivity index (χ0v) is 16.8. The topological polar surface area (TPSA) is 58.6 Å². The third-order valence-corrected chi connectivity index (χ3v) is 6.03. The number of benzene rings is 1. The van der Waals surface area contributed by atoms with E-state index in [1.54, 1.807) is 4.90 Å². The first-order valence-electron chi connectivity index (χ1n) is 10.4. The van der Waals surface area contributed by atoms with Crippen molar-refractivity contribution in [2.24, 2.45) is 0 Å². The summed E-state index contributed by atoms with van der Waals surface area (Å²) in [4.78, 5) is 28.1. The zero-order valence-electron chi connectivity index (χ0n) is 16.8. The highest BCUT2D eigenvalue weighted by molar-refractivity contribution is 5.98. The van der Waals surface area contributed by atoms with E-state index in [9.17, 15) is 9.59 Å². The summed E-state index contributed by atoms with van der Waals surface area (Å²) in [7, 11) is 0. The van der Waals surface area contributed by atoms with Gasteiger partial charge in [-0.1, -0.05) is 32.4 Å². The number of hydrogen-bond acceptors (Lipinski definition) is 3. The summed E-state index contributed by atoms with van der Waals surface area (Å²) in [6.07, 6.45) is 6.61. The number of aryl methyl sites for hydroxylation is 1. The second-order valence-corrected chi connectivity index (χ2v) is 7.88. The van der Waals surface area contributed by atoms with Crippen molar-refractivity contribution >= 4 is 11.8 Å². The third kappa shape index (κ3) is 4.03. The highest BCUT2D eigenvalue weighted by Gasteiger charge is 2.53. The Bertz CT molecular complexity index is 665. The minimum absolute atomic E-state index is 0.0844. The Morgan fingerprint density at radius 2 is 1.85 bits per heavy atom. The van der Waals surface area contributed by atoms with E-state index >= 15 is 0 Å². The van der Waals surface area contributed by atoms with Gasteiger partial charge in [-0.3, -0.25) is 14.5 Å². The fourth-order valence-corrected chi connectivity index (χ4v) is 4.13. The molecule has 1 saturated carbocycles. The fourth-order valence-electron chi connectivity index (χ4n) is 4.13. The van der Waals surface area contributed by atoms with Crippen LogP contribution in [0.3, 0.4) is 0 Å². The van der Waals surface area contributed by atoms with Crippen LogP contribution in [0.5, 0.6) is 0 Å². The van der Waals surface area contributed by atoms with Crippen molar-refractivity contribution in [2.45, 2.75) is 83.5 Å². The minimum Gasteiger partial charge on any atom is -0.353 e. The minimum atomic E-state index is -0.629. The Morgan fingerprint density at radius 1 is 1.19 bits per heavy atom. The number of hydrogen-bond donors (Lipinski definition) is 1. The van der Waals surface area contributed by atoms with E-state index in [2.05, 4.69) is 12.2 Å². The second-order valence-electron chi connectivity index (χ2n) is 7.88. The monoisotopic (exact) mass is 372 g/mol. The van der Waals surface area contributed by atoms with Crippen LogP contribution in [-0.4, -0.2) is 41.1 Å². The van der Waals surface area contributed by atoms with E-state index in [1.807, 2.05) is 38.1 Å². The van der Waals surface area contributed by atoms with Gasteiger partial charge in [0.2, 0.25) is 5.91 Å². The van der Waals surface area contributed by atoms with E-state index in [4.69, 9.17) is 4.74 Å². The summed E-state index contributed by atoms with van der Waals surface area (Å²) in [5.74, 6) is -0.202. The van der Waals surface area contributed by atoms with E-state index in [0.29, 0.717) is 5.56 Å². The first-order valence-corrected chi connectivity index (χ1v) is 10.4. The van der Waals surface area contributed by atoms with Gasteiger partial charge in [-0.25, -0.2) is 0 Å². The lowest BCUT2D eigenvalue weighted by Gasteiger charge is -2.41. The molecule has 1 aliphatic carbocycles. The molecule has 0 aromatic heterocycles. The summed E-state index contributed by atoms with van der Waals surface area (Å²) in [6.45, 7) is 6.40. The van der Waals surface area contributed by atoms with Crippen LogP contribution < -0.4 is 5.32 Å². The average Bonchev–Trinajstić information content (AvgIpc) is 3.06. The molecule has 2 amide bonds. The summed E-state index contributed by atoms with van der Waals surface area (Å²) in [6, 6.07) is 7.26. The van der Waals surface area contributed by atoms with Crippen LogP contribution in [0, 0.1) is 0 Å². The quantitative estimate of drug-likeness (QED) is 0.858. The lowest BCUT2D eigenvalue weighted by atomic mass is 9.89. The maximum Gasteiger partial charge on any atom is 0.256 e. The first kappa shape index (κ1) is 19.9. The van der Waals surface area contributed by atoms with E-state index in [0.717, 1.165) is 44.9 Å². The molecule has 2 fully saturated rings. The number of nitrogens with one attached hydrogen (secondary N) is 1. The molecule has 27 heavy (non-hydrogen) atoms. The van der Waals surface area contributed by atoms with Gasteiger partial charge in [-0.15, -0.1) is 0 Å². The van der Waals surface area contributed by atoms with Crippen molar-refractivity contribution < 1.29 is 14.3 Å². The van der Waals surface area contributed by atoms with E-state index in [-0.39, 0.29) is 24.5 Å². The summed E-state index contributed by atoms with van der Waals surface area (Å²) in [5.41, 5.74) is 1.20. The number of carbonyl (C=O) groups is 2. The molecule has 1 N–H and O–H groups in total. The lowest BCUT2D eigenvalue weighted by molar-refractivity contribution is -0.127. The second kappa shape index (κ2) is 8.42. The molecular formula is C22H32N2O3. The van der Waals surface area contributed by atoms with Crippen LogP contribution in [0.25, 0.3) is 0 Å². The molecule has 1 heterocycles. The smallest absolute Gasteiger partial charge is 0.256 e. The maximum atomic E-state index is 13.5. The molecule has 2 aliphatic rings. The lowest BCUT2D eigenvalue weighted by Crippen LogP contribution is -2.57. The van der Waals surface area contributed by atoms with Crippen LogP contribution in [0.2, 0.25) is 0 Å². The van der Waals surface area contributed by atoms with Gasteiger partial charge in [0, 0.05) is 11.6 Å². The molecule has 1 aliphatic heterocycles. The molecule has 0 radical (unpaired) electrons. The largest absolute Gasteiger partial charge is 0.353 e. The molecule has 0 bridgehead atoms. The normalized spacial score (nSPS) is 22.6. The summed E-state index contributed by atoms with van der Waals surface area (Å²) < 4.78 is 6.17. The van der Waals surface area contributed by atoms with Crippen molar-refractivity contribution in [1.29, 1.82) is 0 Å². The predicted octanol–water partition coefficient (Wildman–Crippen LogP) is 3.67. The Morgan fingerprint density at radius 3 is 2.44 bits per heavy atom. The number of amides is 2. The maximum absolute atomic E-state index is 13.5. The Labute approximate surface area is 162 Å². The van der Waals surface area contributed by atoms with Crippen molar-refractivity contribution in [3.8, 4) is 0 Å². The Kier molecular flexibility index (Phi) is 6.20. The van der Waals surface area contributed by atoms with Crippen molar-refractivity contribution in [3.05, 3.63) is 35.4 Å². The highest BCUT2D eigenvalue weighted by atomic mass is 16.5. The van der Waals surface area contributed by atoms with Crippen molar-refractivity contribution in [1.82, 2.24) is 10.2 Å². The van der Waals surface area contributed by atoms with Crippen LogP contribution >= 0.6 is 0 Å². The van der Waals surface area contributed by atoms with Crippen LogP contribution in [0.1, 0.15) is 75.2 Å². The van der Waals surface area contributed by atoms with Crippen LogP contribution in [0.15, 0.2) is 24.3 Å². The fraction of sp³-hybridized carbons (Fsp3) is 0.636. The van der Waals surface area contributed by atoms with Gasteiger partial charge in [0.1, 0.15) is 11.8 Å². The molecule has 1 aromatic carbocycles. The number of carbonyl (C=O) groups excluding carboxylic acids is 2. The van der Waals surface area contributed by atoms with Crippen molar-refractivity contribution in [3.63, 3.8) is 0 Å². The summed E-state index contributed by atoms with van der Waals surface area (Å²) in [5, 5.41) is 3.04. The van der Waals surface area contributed by atoms with Gasteiger partial charge in [-0.2, -0.15) is 0 Å². The molecule has 5 heteroatoms. The zero-order chi connectivity index (χ0) is 19.4. The molecule has 0 unspecified atom stereocenters. The van der Waals surface area contributed by atoms with Gasteiger partial charge >= 0.3 is 0 Å². The SMILES string of the molecule is CCc1ccc(C(=O)N2[C@@H](C(=O)N[C@@H](C)CC)COC23CCCCC3)cc1. The Balaban J connectivity index is 1.89. The third-order valence-electron chi connectivity index (χ3n) is 6.03. The van der Waals surface area contributed by atoms with Gasteiger partial charge in [0.15, 0.2) is 0 Å². The molecule has 1 saturated heterocycles. The van der Waals surface area contributed by atoms with Gasteiger partial charge in [-0.05, 0) is 63.1 Å². The molecule has 3 rings (SSSR count). The standard InChI is InChI=1S/C22H32N2O3/c1-4-16(3)23-20(25)19-15-27-22(13-7-6-8-14-22)24(19)21(26)18-11-9-17(5-2)10-12-18/h9-12,16,19H,4-8,13-15H2,1-3H3,(H,23,25)/t16-,19+/m0/s1. The van der Waals surface area contributed by atoms with Crippen LogP contribution in [0.4, 0.5) is 0 Å². The van der Waals surface area contributed by atoms with Gasteiger partial charge < -0.3 is 10.1 Å². The average molecular weight is 373 g/mol. The highest BCUT2D eigenvalue weighted by Crippen LogP contribution is 2.41. The summed E-state index contributed by atoms with van der Waals surface area (Å²) >= 11 is 0. The van der Waals surface area contributed by atoms with Gasteiger partial charge in [0.25, 0.3) is 5.91 Å². The molecule has 5 nitrogen and oxygen atoms in total. The number of rotatable bonds is 5. The Hall–Kier alpha value is -1.88. The van der Waals surface area contributed by atoms with Crippen LogP contribution in [-0.2, 0) is 16.0 Å². The first-order chi connectivity index (χ1) is 13.0. The molecule has 1 spiro atoms. The number of nitrogens with zero attached hydrogens (tertiary/aromatic N) is 1. The van der Waals surface area contributed by atoms with Crippen molar-refractivity contribution in [2.75, 3.05) is 6.61 Å². The molecule has 148 valence electrons. The molecule has 2 atom stereocenters. The van der Waals surface area contributed by atoms with E-state index < -0.39 is 11.8 Å². The predicted molar refractivity (Wildman–Crippen MR) is 105 cm³/mol. The molecular weight excluding hydrogens is 340 g/mol. The molecule has 1 aromatic rings. The number of ether oxygens (including phenoxy) is 1.